The molecule has 0 amide bonds. The quantitative estimate of drug-likeness (QED) is 0.255. The van der Waals surface area contributed by atoms with Gasteiger partial charge in [-0.2, -0.15) is 4.31 Å². The van der Waals surface area contributed by atoms with Crippen molar-refractivity contribution in [1.29, 1.82) is 0 Å². The maximum Gasteiger partial charge on any atom is 0.292 e. The first-order chi connectivity index (χ1) is 18.6. The summed E-state index contributed by atoms with van der Waals surface area (Å²) in [6.45, 7) is 1.80. The largest absolute Gasteiger partial charge is 0.493 e. The van der Waals surface area contributed by atoms with Crippen LogP contribution in [0.1, 0.15) is 5.56 Å². The zero-order valence-corrected chi connectivity index (χ0v) is 23.7. The average Bonchev–Trinajstić information content (AvgIpc) is 2.94. The van der Waals surface area contributed by atoms with Crippen molar-refractivity contribution in [2.75, 3.05) is 57.2 Å². The van der Waals surface area contributed by atoms with Gasteiger partial charge in [0.25, 0.3) is 5.69 Å². The first-order valence-corrected chi connectivity index (χ1v) is 14.3. The van der Waals surface area contributed by atoms with E-state index < -0.39 is 14.9 Å². The molecule has 0 aromatic heterocycles. The second-order valence-corrected chi connectivity index (χ2v) is 11.5. The Morgan fingerprint density at radius 1 is 0.923 bits per heavy atom. The minimum Gasteiger partial charge on any atom is -0.493 e. The van der Waals surface area contributed by atoms with E-state index in [2.05, 4.69) is 5.32 Å². The van der Waals surface area contributed by atoms with Gasteiger partial charge in [0, 0.05) is 44.5 Å². The lowest BCUT2D eigenvalue weighted by atomic mass is 10.1. The molecule has 1 fully saturated rings. The molecule has 4 rings (SSSR count). The van der Waals surface area contributed by atoms with Crippen LogP contribution in [0.25, 0.3) is 0 Å². The summed E-state index contributed by atoms with van der Waals surface area (Å²) in [5, 5.41) is 15.3. The summed E-state index contributed by atoms with van der Waals surface area (Å²) >= 11 is 12.0. The minimum absolute atomic E-state index is 0.0353. The molecule has 0 aliphatic carbocycles. The Kier molecular flexibility index (Phi) is 9.06. The van der Waals surface area contributed by atoms with Gasteiger partial charge in [-0.3, -0.25) is 10.1 Å². The molecule has 0 radical (unpaired) electrons. The van der Waals surface area contributed by atoms with E-state index in [1.54, 1.807) is 26.4 Å². The van der Waals surface area contributed by atoms with Gasteiger partial charge in [0.2, 0.25) is 10.0 Å². The molecular weight excluding hydrogens is 567 g/mol. The van der Waals surface area contributed by atoms with E-state index >= 15 is 0 Å². The zero-order chi connectivity index (χ0) is 28.2. The molecule has 3 aromatic carbocycles. The van der Waals surface area contributed by atoms with E-state index in [0.717, 1.165) is 11.3 Å². The van der Waals surface area contributed by atoms with Gasteiger partial charge < -0.3 is 19.7 Å². The number of methoxy groups -OCH3 is 2. The summed E-state index contributed by atoms with van der Waals surface area (Å²) in [6.07, 6.45) is 0.604. The molecule has 3 aromatic rings. The standard InChI is InChI=1S/C26H28Cl2N4O6S/c1-37-25-8-3-18(15-26(25)38-2)9-10-29-23-16-19(4-7-24(23)32(33)34)30-11-13-31(14-12-30)39(35,36)20-5-6-21(27)22(28)17-20/h3-8,15-17,29H,9-14H2,1-2H3. The predicted molar refractivity (Wildman–Crippen MR) is 152 cm³/mol. The summed E-state index contributed by atoms with van der Waals surface area (Å²) in [7, 11) is -0.600. The number of halogens is 2. The average molecular weight is 596 g/mol. The molecule has 39 heavy (non-hydrogen) atoms. The maximum atomic E-state index is 13.1. The van der Waals surface area contributed by atoms with Crippen LogP contribution in [-0.4, -0.2) is 64.6 Å². The Bertz CT molecular complexity index is 1460. The molecule has 1 saturated heterocycles. The van der Waals surface area contributed by atoms with Crippen molar-refractivity contribution in [3.05, 3.63) is 80.3 Å². The number of ether oxygens (including phenoxy) is 2. The Hall–Kier alpha value is -3.25. The molecule has 208 valence electrons. The van der Waals surface area contributed by atoms with Gasteiger partial charge in [-0.05, 0) is 54.4 Å². The first kappa shape index (κ1) is 28.8. The summed E-state index contributed by atoms with van der Waals surface area (Å²) in [5.41, 5.74) is 2.11. The van der Waals surface area contributed by atoms with Gasteiger partial charge in [-0.1, -0.05) is 29.3 Å². The van der Waals surface area contributed by atoms with Crippen LogP contribution in [0, 0.1) is 10.1 Å². The van der Waals surface area contributed by atoms with Gasteiger partial charge in [-0.15, -0.1) is 0 Å². The third kappa shape index (κ3) is 6.50. The molecule has 1 N–H and O–H groups in total. The molecule has 1 heterocycles. The van der Waals surface area contributed by atoms with Crippen LogP contribution in [0.3, 0.4) is 0 Å². The van der Waals surface area contributed by atoms with E-state index in [4.69, 9.17) is 32.7 Å². The van der Waals surface area contributed by atoms with Gasteiger partial charge >= 0.3 is 0 Å². The summed E-state index contributed by atoms with van der Waals surface area (Å²) < 4.78 is 38.2. The highest BCUT2D eigenvalue weighted by Gasteiger charge is 2.29. The highest BCUT2D eigenvalue weighted by molar-refractivity contribution is 7.89. The SMILES string of the molecule is COc1ccc(CCNc2cc(N3CCN(S(=O)(=O)c4ccc(Cl)c(Cl)c4)CC3)ccc2[N+](=O)[O-])cc1OC. The highest BCUT2D eigenvalue weighted by atomic mass is 35.5. The fourth-order valence-electron chi connectivity index (χ4n) is 4.37. The first-order valence-electron chi connectivity index (χ1n) is 12.1. The molecule has 0 unspecified atom stereocenters. The monoisotopic (exact) mass is 594 g/mol. The van der Waals surface area contributed by atoms with E-state index in [1.807, 2.05) is 23.1 Å². The molecule has 0 saturated carbocycles. The van der Waals surface area contributed by atoms with Crippen molar-refractivity contribution in [2.45, 2.75) is 11.3 Å². The molecule has 13 heteroatoms. The number of rotatable bonds is 10. The fraction of sp³-hybridized carbons (Fsp3) is 0.308. The fourth-order valence-corrected chi connectivity index (χ4v) is 6.18. The van der Waals surface area contributed by atoms with Crippen molar-refractivity contribution in [2.24, 2.45) is 0 Å². The van der Waals surface area contributed by atoms with Crippen molar-refractivity contribution in [1.82, 2.24) is 4.31 Å². The molecule has 1 aliphatic rings. The van der Waals surface area contributed by atoms with Gasteiger partial charge in [0.05, 0.1) is 34.1 Å². The molecule has 0 spiro atoms. The van der Waals surface area contributed by atoms with Gasteiger partial charge in [0.15, 0.2) is 11.5 Å². The maximum absolute atomic E-state index is 13.1. The molecule has 0 bridgehead atoms. The number of nitro benzene ring substituents is 1. The van der Waals surface area contributed by atoms with Gasteiger partial charge in [-0.25, -0.2) is 8.42 Å². The lowest BCUT2D eigenvalue weighted by Gasteiger charge is -2.35. The smallest absolute Gasteiger partial charge is 0.292 e. The van der Waals surface area contributed by atoms with E-state index in [1.165, 1.54) is 28.6 Å². The number of hydrogen-bond acceptors (Lipinski definition) is 8. The Morgan fingerprint density at radius 2 is 1.64 bits per heavy atom. The number of hydrogen-bond donors (Lipinski definition) is 1. The summed E-state index contributed by atoms with van der Waals surface area (Å²) in [5.74, 6) is 1.24. The van der Waals surface area contributed by atoms with E-state index in [0.29, 0.717) is 43.2 Å². The lowest BCUT2D eigenvalue weighted by molar-refractivity contribution is -0.383. The molecular formula is C26H28Cl2N4O6S. The van der Waals surface area contributed by atoms with E-state index in [-0.39, 0.29) is 33.7 Å². The number of anilines is 2. The zero-order valence-electron chi connectivity index (χ0n) is 21.4. The van der Waals surface area contributed by atoms with Crippen molar-refractivity contribution in [3.8, 4) is 11.5 Å². The number of nitrogens with zero attached hydrogens (tertiary/aromatic N) is 3. The van der Waals surface area contributed by atoms with Crippen molar-refractivity contribution < 1.29 is 22.8 Å². The molecule has 1 aliphatic heterocycles. The van der Waals surface area contributed by atoms with Gasteiger partial charge in [0.1, 0.15) is 5.69 Å². The van der Waals surface area contributed by atoms with Crippen LogP contribution >= 0.6 is 23.2 Å². The Labute approximate surface area is 237 Å². The Morgan fingerprint density at radius 3 is 2.28 bits per heavy atom. The van der Waals surface area contributed by atoms with Crippen LogP contribution in [0.4, 0.5) is 17.1 Å². The van der Waals surface area contributed by atoms with Crippen LogP contribution in [0.15, 0.2) is 59.5 Å². The third-order valence-corrected chi connectivity index (χ3v) is 9.12. The number of benzene rings is 3. The summed E-state index contributed by atoms with van der Waals surface area (Å²) in [6, 6.07) is 14.7. The topological polar surface area (TPSA) is 114 Å². The lowest BCUT2D eigenvalue weighted by Crippen LogP contribution is -2.48. The van der Waals surface area contributed by atoms with Crippen molar-refractivity contribution in [3.63, 3.8) is 0 Å². The normalized spacial score (nSPS) is 14.2. The van der Waals surface area contributed by atoms with Crippen LogP contribution in [0.5, 0.6) is 11.5 Å². The number of piperazine rings is 1. The van der Waals surface area contributed by atoms with Crippen molar-refractivity contribution >= 4 is 50.3 Å². The Balaban J connectivity index is 1.43. The minimum atomic E-state index is -3.74. The number of sulfonamides is 1. The van der Waals surface area contributed by atoms with Crippen LogP contribution < -0.4 is 19.7 Å². The predicted octanol–water partition coefficient (Wildman–Crippen LogP) is 5.08. The molecule has 0 atom stereocenters. The third-order valence-electron chi connectivity index (χ3n) is 6.49. The highest BCUT2D eigenvalue weighted by Crippen LogP contribution is 2.32. The van der Waals surface area contributed by atoms with Crippen LogP contribution in [-0.2, 0) is 16.4 Å². The number of nitro groups is 1. The second kappa shape index (κ2) is 12.3. The van der Waals surface area contributed by atoms with Crippen LogP contribution in [0.2, 0.25) is 10.0 Å². The second-order valence-electron chi connectivity index (χ2n) is 8.79. The molecule has 10 nitrogen and oxygen atoms in total. The van der Waals surface area contributed by atoms with E-state index in [9.17, 15) is 18.5 Å². The summed E-state index contributed by atoms with van der Waals surface area (Å²) in [4.78, 5) is 13.3. The number of nitrogens with one attached hydrogen (secondary N) is 1.